The Kier molecular flexibility index (Phi) is 43.4. The fraction of sp³-hybridized carbons (Fsp3) is 0.912. The van der Waals surface area contributed by atoms with Crippen LogP contribution in [0, 0.1) is 6.92 Å². The smallest absolute Gasteiger partial charge is 0.306 e. The van der Waals surface area contributed by atoms with Crippen LogP contribution < -0.4 is 0 Å². The van der Waals surface area contributed by atoms with Crippen molar-refractivity contribution in [3.63, 3.8) is 0 Å². The van der Waals surface area contributed by atoms with E-state index in [0.717, 1.165) is 89.8 Å². The number of ether oxygens (including phenoxy) is 2. The molecule has 376 valence electrons. The third-order valence-electron chi connectivity index (χ3n) is 13.6. The number of rotatable bonds is 50. The van der Waals surface area contributed by atoms with E-state index in [1.165, 1.54) is 193 Å². The van der Waals surface area contributed by atoms with Crippen LogP contribution >= 0.6 is 0 Å². The summed E-state index contributed by atoms with van der Waals surface area (Å²) in [7, 11) is 0. The molecule has 0 unspecified atom stereocenters. The number of carbonyl (C=O) groups is 2. The van der Waals surface area contributed by atoms with Gasteiger partial charge in [-0.05, 0) is 110 Å². The Hall–Kier alpha value is -1.89. The molecular weight excluding hydrogens is 791 g/mol. The van der Waals surface area contributed by atoms with Crippen molar-refractivity contribution in [3.05, 3.63) is 18.2 Å². The van der Waals surface area contributed by atoms with Crippen molar-refractivity contribution in [2.75, 3.05) is 19.6 Å². The first kappa shape index (κ1) is 60.1. The fourth-order valence-corrected chi connectivity index (χ4v) is 9.33. The maximum Gasteiger partial charge on any atom is 0.306 e. The van der Waals surface area contributed by atoms with Gasteiger partial charge in [-0.1, -0.05) is 195 Å². The second-order valence-corrected chi connectivity index (χ2v) is 19.8. The second kappa shape index (κ2) is 46.2. The van der Waals surface area contributed by atoms with Crippen LogP contribution in [0.25, 0.3) is 0 Å². The summed E-state index contributed by atoms with van der Waals surface area (Å²) in [6.07, 6.45) is 53.0. The molecule has 0 atom stereocenters. The molecular formula is C57H109N3O4. The summed E-state index contributed by atoms with van der Waals surface area (Å²) in [5, 5.41) is 0. The molecule has 0 bridgehead atoms. The van der Waals surface area contributed by atoms with E-state index in [1.807, 2.05) is 6.20 Å². The maximum atomic E-state index is 12.9. The van der Waals surface area contributed by atoms with Gasteiger partial charge in [0.15, 0.2) is 0 Å². The Morgan fingerprint density at radius 2 is 0.766 bits per heavy atom. The zero-order chi connectivity index (χ0) is 46.4. The SMILES string of the molecule is CCCCCCCCC(CCCCCCCC)OC(=O)CCCCCCCN(CCCCCCCC(=O)OC(CCCCCCCC)CCCCCCCC)CCCn1ccnc1C. The summed E-state index contributed by atoms with van der Waals surface area (Å²) in [5.41, 5.74) is 0. The van der Waals surface area contributed by atoms with Crippen molar-refractivity contribution >= 4 is 11.9 Å². The van der Waals surface area contributed by atoms with E-state index in [1.54, 1.807) is 0 Å². The van der Waals surface area contributed by atoms with Crippen molar-refractivity contribution in [2.24, 2.45) is 0 Å². The van der Waals surface area contributed by atoms with E-state index in [-0.39, 0.29) is 24.1 Å². The van der Waals surface area contributed by atoms with Crippen molar-refractivity contribution in [1.82, 2.24) is 14.5 Å². The molecule has 0 aromatic carbocycles. The second-order valence-electron chi connectivity index (χ2n) is 19.8. The van der Waals surface area contributed by atoms with Gasteiger partial charge in [-0.15, -0.1) is 0 Å². The third-order valence-corrected chi connectivity index (χ3v) is 13.6. The van der Waals surface area contributed by atoms with E-state index in [0.29, 0.717) is 12.8 Å². The van der Waals surface area contributed by atoms with Gasteiger partial charge in [0, 0.05) is 31.8 Å². The molecule has 1 aromatic rings. The van der Waals surface area contributed by atoms with Gasteiger partial charge in [0.1, 0.15) is 18.0 Å². The van der Waals surface area contributed by atoms with E-state index in [2.05, 4.69) is 55.3 Å². The number of unbranched alkanes of at least 4 members (excludes halogenated alkanes) is 28. The van der Waals surface area contributed by atoms with Crippen molar-refractivity contribution in [3.8, 4) is 0 Å². The summed E-state index contributed by atoms with van der Waals surface area (Å²) in [6.45, 7) is 15.6. The summed E-state index contributed by atoms with van der Waals surface area (Å²) < 4.78 is 14.5. The number of hydrogen-bond acceptors (Lipinski definition) is 6. The molecule has 0 spiro atoms. The Morgan fingerprint density at radius 3 is 1.11 bits per heavy atom. The first-order chi connectivity index (χ1) is 31.4. The van der Waals surface area contributed by atoms with Gasteiger partial charge in [-0.3, -0.25) is 9.59 Å². The minimum atomic E-state index is 0.0347. The molecule has 1 heterocycles. The lowest BCUT2D eigenvalue weighted by Gasteiger charge is -2.22. The molecule has 0 saturated heterocycles. The molecule has 0 aliphatic heterocycles. The van der Waals surface area contributed by atoms with Crippen LogP contribution in [0.15, 0.2) is 12.4 Å². The predicted molar refractivity (Wildman–Crippen MR) is 275 cm³/mol. The quantitative estimate of drug-likeness (QED) is 0.0479. The molecule has 0 aliphatic rings. The van der Waals surface area contributed by atoms with Crippen LogP contribution in [-0.2, 0) is 25.6 Å². The van der Waals surface area contributed by atoms with Crippen LogP contribution in [0.3, 0.4) is 0 Å². The summed E-state index contributed by atoms with van der Waals surface area (Å²) in [5.74, 6) is 1.16. The zero-order valence-corrected chi connectivity index (χ0v) is 43.6. The molecule has 7 heteroatoms. The molecule has 64 heavy (non-hydrogen) atoms. The first-order valence-electron chi connectivity index (χ1n) is 28.5. The molecule has 1 rings (SSSR count). The Bertz CT molecular complexity index is 1040. The number of hydrogen-bond donors (Lipinski definition) is 0. The lowest BCUT2D eigenvalue weighted by Crippen LogP contribution is -2.28. The average Bonchev–Trinajstić information content (AvgIpc) is 3.70. The monoisotopic (exact) mass is 900 g/mol. The number of aryl methyl sites for hydroxylation is 2. The highest BCUT2D eigenvalue weighted by atomic mass is 16.5. The lowest BCUT2D eigenvalue weighted by molar-refractivity contribution is -0.151. The third kappa shape index (κ3) is 38.2. The van der Waals surface area contributed by atoms with E-state index >= 15 is 0 Å². The molecule has 0 fully saturated rings. The van der Waals surface area contributed by atoms with Crippen molar-refractivity contribution < 1.29 is 19.1 Å². The Balaban J connectivity index is 2.40. The number of esters is 2. The lowest BCUT2D eigenvalue weighted by atomic mass is 10.0. The predicted octanol–water partition coefficient (Wildman–Crippen LogP) is 17.4. The van der Waals surface area contributed by atoms with E-state index in [4.69, 9.17) is 9.47 Å². The van der Waals surface area contributed by atoms with Crippen LogP contribution in [-0.4, -0.2) is 58.2 Å². The molecule has 0 radical (unpaired) electrons. The van der Waals surface area contributed by atoms with Gasteiger partial charge in [0.05, 0.1) is 0 Å². The normalized spacial score (nSPS) is 11.8. The van der Waals surface area contributed by atoms with Gasteiger partial charge in [0.25, 0.3) is 0 Å². The first-order valence-corrected chi connectivity index (χ1v) is 28.5. The van der Waals surface area contributed by atoms with Crippen molar-refractivity contribution in [1.29, 1.82) is 0 Å². The number of carbonyl (C=O) groups excluding carboxylic acids is 2. The Morgan fingerprint density at radius 1 is 0.453 bits per heavy atom. The largest absolute Gasteiger partial charge is 0.462 e. The highest BCUT2D eigenvalue weighted by Crippen LogP contribution is 2.20. The van der Waals surface area contributed by atoms with Crippen LogP contribution in [0.5, 0.6) is 0 Å². The molecule has 7 nitrogen and oxygen atoms in total. The minimum absolute atomic E-state index is 0.0347. The average molecular weight is 901 g/mol. The topological polar surface area (TPSA) is 73.7 Å². The van der Waals surface area contributed by atoms with Gasteiger partial charge < -0.3 is 18.9 Å². The molecule has 0 N–H and O–H groups in total. The van der Waals surface area contributed by atoms with Crippen molar-refractivity contribution in [2.45, 2.75) is 317 Å². The summed E-state index contributed by atoms with van der Waals surface area (Å²) >= 11 is 0. The summed E-state index contributed by atoms with van der Waals surface area (Å²) in [4.78, 5) is 32.9. The number of imidazole rings is 1. The van der Waals surface area contributed by atoms with Crippen LogP contribution in [0.4, 0.5) is 0 Å². The molecule has 0 aliphatic carbocycles. The standard InChI is InChI=1S/C57H109N3O4/c1-6-10-14-18-24-32-41-54(42-33-25-19-15-11-7-2)63-56(61)45-36-28-22-30-38-48-59(50-40-51-60-52-47-58-53(60)5)49-39-31-23-29-37-46-57(62)64-55(43-34-26-20-16-12-8-3)44-35-27-21-17-13-9-4/h47,52,54-55H,6-46,48-51H2,1-5H3. The Labute approximate surface area is 398 Å². The number of aromatic nitrogens is 2. The van der Waals surface area contributed by atoms with E-state index < -0.39 is 0 Å². The van der Waals surface area contributed by atoms with Gasteiger partial charge in [0.2, 0.25) is 0 Å². The number of nitrogens with zero attached hydrogens (tertiary/aromatic N) is 3. The van der Waals surface area contributed by atoms with Gasteiger partial charge >= 0.3 is 11.9 Å². The highest BCUT2D eigenvalue weighted by Gasteiger charge is 2.16. The maximum absolute atomic E-state index is 12.9. The molecule has 0 saturated carbocycles. The highest BCUT2D eigenvalue weighted by molar-refractivity contribution is 5.69. The van der Waals surface area contributed by atoms with Crippen LogP contribution in [0.1, 0.15) is 297 Å². The summed E-state index contributed by atoms with van der Waals surface area (Å²) in [6, 6.07) is 0. The molecule has 1 aromatic heterocycles. The molecule has 0 amide bonds. The minimum Gasteiger partial charge on any atom is -0.462 e. The fourth-order valence-electron chi connectivity index (χ4n) is 9.33. The zero-order valence-electron chi connectivity index (χ0n) is 43.6. The van der Waals surface area contributed by atoms with Gasteiger partial charge in [-0.2, -0.15) is 0 Å². The van der Waals surface area contributed by atoms with E-state index in [9.17, 15) is 9.59 Å². The van der Waals surface area contributed by atoms with Gasteiger partial charge in [-0.25, -0.2) is 4.98 Å². The van der Waals surface area contributed by atoms with Crippen LogP contribution in [0.2, 0.25) is 0 Å².